The summed E-state index contributed by atoms with van der Waals surface area (Å²) in [7, 11) is 0. The van der Waals surface area contributed by atoms with Gasteiger partial charge in [-0.2, -0.15) is 0 Å². The van der Waals surface area contributed by atoms with Crippen LogP contribution in [0.3, 0.4) is 0 Å². The molecule has 0 spiro atoms. The lowest BCUT2D eigenvalue weighted by Gasteiger charge is -2.16. The fourth-order valence-electron chi connectivity index (χ4n) is 1.59. The number of nitrogens with two attached hydrogens (primary N) is 1. The lowest BCUT2D eigenvalue weighted by molar-refractivity contribution is -0.144. The largest absolute Gasteiger partial charge is 0.480 e. The lowest BCUT2D eigenvalue weighted by Crippen LogP contribution is -2.45. The third-order valence-electron chi connectivity index (χ3n) is 2.52. The molecular weight excluding hydrogens is 228 g/mol. The van der Waals surface area contributed by atoms with Crippen LogP contribution >= 0.6 is 0 Å². The molecule has 0 saturated carbocycles. The van der Waals surface area contributed by atoms with E-state index in [4.69, 9.17) is 15.6 Å². The maximum absolute atomic E-state index is 11.6. The van der Waals surface area contributed by atoms with Gasteiger partial charge < -0.3 is 20.9 Å². The third kappa shape index (κ3) is 4.39. The van der Waals surface area contributed by atoms with E-state index in [-0.39, 0.29) is 12.8 Å². The van der Waals surface area contributed by atoms with E-state index in [9.17, 15) is 14.4 Å². The normalized spacial score (nSPS) is 20.8. The number of rotatable bonds is 6. The molecule has 4 N–H and O–H groups in total. The SMILES string of the molecule is NC(=O)CC[C@@H](NC(=O)[C@H]1CCCO1)C(=O)O. The summed E-state index contributed by atoms with van der Waals surface area (Å²) in [6, 6.07) is -1.10. The van der Waals surface area contributed by atoms with Crippen LogP contribution in [0.4, 0.5) is 0 Å². The van der Waals surface area contributed by atoms with Gasteiger partial charge in [0.25, 0.3) is 0 Å². The van der Waals surface area contributed by atoms with Crippen LogP contribution in [-0.2, 0) is 19.1 Å². The Morgan fingerprint density at radius 1 is 1.47 bits per heavy atom. The van der Waals surface area contributed by atoms with E-state index >= 15 is 0 Å². The number of ether oxygens (including phenoxy) is 1. The molecule has 1 fully saturated rings. The molecule has 1 aliphatic rings. The maximum Gasteiger partial charge on any atom is 0.326 e. The summed E-state index contributed by atoms with van der Waals surface area (Å²) in [5.74, 6) is -2.22. The minimum Gasteiger partial charge on any atom is -0.480 e. The Morgan fingerprint density at radius 2 is 2.18 bits per heavy atom. The second-order valence-electron chi connectivity index (χ2n) is 3.91. The van der Waals surface area contributed by atoms with Crippen molar-refractivity contribution in [3.63, 3.8) is 0 Å². The van der Waals surface area contributed by atoms with Crippen LogP contribution < -0.4 is 11.1 Å². The molecule has 0 unspecified atom stereocenters. The van der Waals surface area contributed by atoms with Crippen LogP contribution in [0.2, 0.25) is 0 Å². The molecule has 2 atom stereocenters. The standard InChI is InChI=1S/C10H16N2O5/c11-8(13)4-3-6(10(15)16)12-9(14)7-2-1-5-17-7/h6-7H,1-5H2,(H2,11,13)(H,12,14)(H,15,16)/t6-,7-/m1/s1. The molecule has 0 bridgehead atoms. The molecular formula is C10H16N2O5. The van der Waals surface area contributed by atoms with Crippen LogP contribution in [-0.4, -0.2) is 41.6 Å². The fourth-order valence-corrected chi connectivity index (χ4v) is 1.59. The Hall–Kier alpha value is -1.63. The highest BCUT2D eigenvalue weighted by molar-refractivity contribution is 5.86. The third-order valence-corrected chi connectivity index (χ3v) is 2.52. The van der Waals surface area contributed by atoms with Gasteiger partial charge in [-0.05, 0) is 19.3 Å². The molecule has 1 aliphatic heterocycles. The van der Waals surface area contributed by atoms with Gasteiger partial charge in [0.2, 0.25) is 11.8 Å². The quantitative estimate of drug-likeness (QED) is 0.553. The number of amides is 2. The summed E-state index contributed by atoms with van der Waals surface area (Å²) in [6.07, 6.45) is 0.710. The predicted molar refractivity (Wildman–Crippen MR) is 57.0 cm³/mol. The summed E-state index contributed by atoms with van der Waals surface area (Å²) in [5.41, 5.74) is 4.92. The van der Waals surface area contributed by atoms with Crippen molar-refractivity contribution >= 4 is 17.8 Å². The number of carbonyl (C=O) groups excluding carboxylic acids is 2. The number of nitrogens with one attached hydrogen (secondary N) is 1. The van der Waals surface area contributed by atoms with E-state index in [0.717, 1.165) is 6.42 Å². The van der Waals surface area contributed by atoms with Gasteiger partial charge in [-0.15, -0.1) is 0 Å². The van der Waals surface area contributed by atoms with E-state index in [0.29, 0.717) is 13.0 Å². The molecule has 0 aromatic heterocycles. The number of carboxylic acid groups (broad SMARTS) is 1. The van der Waals surface area contributed by atoms with Crippen molar-refractivity contribution in [1.29, 1.82) is 0 Å². The molecule has 0 aliphatic carbocycles. The minimum absolute atomic E-state index is 0.0108. The van der Waals surface area contributed by atoms with Gasteiger partial charge in [0.1, 0.15) is 12.1 Å². The van der Waals surface area contributed by atoms with Crippen molar-refractivity contribution in [2.75, 3.05) is 6.61 Å². The molecule has 7 heteroatoms. The van der Waals surface area contributed by atoms with Gasteiger partial charge in [0, 0.05) is 13.0 Å². The van der Waals surface area contributed by atoms with Crippen molar-refractivity contribution in [2.24, 2.45) is 5.73 Å². The average Bonchev–Trinajstić information content (AvgIpc) is 2.76. The summed E-state index contributed by atoms with van der Waals surface area (Å²) in [5, 5.41) is 11.2. The Kier molecular flexibility index (Phi) is 4.89. The first-order valence-electron chi connectivity index (χ1n) is 5.44. The number of aliphatic carboxylic acids is 1. The van der Waals surface area contributed by atoms with Gasteiger partial charge >= 0.3 is 5.97 Å². The number of primary amides is 1. The second-order valence-corrected chi connectivity index (χ2v) is 3.91. The molecule has 7 nitrogen and oxygen atoms in total. The van der Waals surface area contributed by atoms with E-state index < -0.39 is 29.9 Å². The summed E-state index contributed by atoms with van der Waals surface area (Å²) >= 11 is 0. The summed E-state index contributed by atoms with van der Waals surface area (Å²) in [4.78, 5) is 33.0. The fraction of sp³-hybridized carbons (Fsp3) is 0.700. The zero-order valence-corrected chi connectivity index (χ0v) is 9.35. The Morgan fingerprint density at radius 3 is 2.65 bits per heavy atom. The first-order chi connectivity index (χ1) is 8.00. The molecule has 17 heavy (non-hydrogen) atoms. The number of carboxylic acids is 1. The van der Waals surface area contributed by atoms with Crippen LogP contribution in [0.5, 0.6) is 0 Å². The Balaban J connectivity index is 2.44. The Labute approximate surface area is 98.3 Å². The predicted octanol–water partition coefficient (Wildman–Crippen LogP) is -1.000. The second kappa shape index (κ2) is 6.19. The van der Waals surface area contributed by atoms with Crippen molar-refractivity contribution in [3.8, 4) is 0 Å². The van der Waals surface area contributed by atoms with Crippen LogP contribution in [0, 0.1) is 0 Å². The minimum atomic E-state index is -1.18. The van der Waals surface area contributed by atoms with Crippen molar-refractivity contribution in [3.05, 3.63) is 0 Å². The smallest absolute Gasteiger partial charge is 0.326 e. The molecule has 0 radical (unpaired) electrons. The highest BCUT2D eigenvalue weighted by Gasteiger charge is 2.28. The summed E-state index contributed by atoms with van der Waals surface area (Å²) in [6.45, 7) is 0.511. The molecule has 2 amide bonds. The average molecular weight is 244 g/mol. The molecule has 0 aromatic carbocycles. The van der Waals surface area contributed by atoms with Gasteiger partial charge in [-0.1, -0.05) is 0 Å². The number of carbonyl (C=O) groups is 3. The van der Waals surface area contributed by atoms with Crippen LogP contribution in [0.15, 0.2) is 0 Å². The number of hydrogen-bond donors (Lipinski definition) is 3. The van der Waals surface area contributed by atoms with Gasteiger partial charge in [0.15, 0.2) is 0 Å². The molecule has 0 aromatic rings. The highest BCUT2D eigenvalue weighted by atomic mass is 16.5. The van der Waals surface area contributed by atoms with Gasteiger partial charge in [0.05, 0.1) is 0 Å². The van der Waals surface area contributed by atoms with E-state index in [1.54, 1.807) is 0 Å². The first kappa shape index (κ1) is 13.4. The highest BCUT2D eigenvalue weighted by Crippen LogP contribution is 2.12. The van der Waals surface area contributed by atoms with Crippen LogP contribution in [0.25, 0.3) is 0 Å². The van der Waals surface area contributed by atoms with Gasteiger partial charge in [-0.25, -0.2) is 4.79 Å². The molecule has 1 saturated heterocycles. The van der Waals surface area contributed by atoms with E-state index in [1.807, 2.05) is 0 Å². The first-order valence-corrected chi connectivity index (χ1v) is 5.44. The molecule has 1 heterocycles. The topological polar surface area (TPSA) is 119 Å². The lowest BCUT2D eigenvalue weighted by atomic mass is 10.1. The van der Waals surface area contributed by atoms with E-state index in [1.165, 1.54) is 0 Å². The zero-order valence-electron chi connectivity index (χ0n) is 9.35. The van der Waals surface area contributed by atoms with Crippen molar-refractivity contribution in [2.45, 2.75) is 37.8 Å². The monoisotopic (exact) mass is 244 g/mol. The van der Waals surface area contributed by atoms with Gasteiger partial charge in [-0.3, -0.25) is 9.59 Å². The molecule has 96 valence electrons. The molecule has 1 rings (SSSR count). The van der Waals surface area contributed by atoms with Crippen molar-refractivity contribution < 1.29 is 24.2 Å². The van der Waals surface area contributed by atoms with Crippen LogP contribution in [0.1, 0.15) is 25.7 Å². The Bertz CT molecular complexity index is 312. The zero-order chi connectivity index (χ0) is 12.8. The number of hydrogen-bond acceptors (Lipinski definition) is 4. The summed E-state index contributed by atoms with van der Waals surface area (Å²) < 4.78 is 5.12. The van der Waals surface area contributed by atoms with Crippen molar-refractivity contribution in [1.82, 2.24) is 5.32 Å². The maximum atomic E-state index is 11.6. The van der Waals surface area contributed by atoms with E-state index in [2.05, 4.69) is 5.32 Å².